The summed E-state index contributed by atoms with van der Waals surface area (Å²) in [5.41, 5.74) is 8.17. The van der Waals surface area contributed by atoms with Gasteiger partial charge in [0.05, 0.1) is 40.3 Å². The summed E-state index contributed by atoms with van der Waals surface area (Å²) in [5.74, 6) is 0. The number of thiophene rings is 3. The van der Waals surface area contributed by atoms with Gasteiger partial charge in [0, 0.05) is 67.4 Å². The second-order valence-corrected chi connectivity index (χ2v) is 19.2. The molecule has 0 spiro atoms. The summed E-state index contributed by atoms with van der Waals surface area (Å²) in [7, 11) is 0. The highest BCUT2D eigenvalue weighted by molar-refractivity contribution is 9.10. The standard InChI is InChI=1S/C17H9N3O2S.C17H12N2O2S.C16H9BrN2O2S/c1-18-9-6-7-12-11(8-9)15(20-22)16(19-12)14-10-4-2-3-5-13(10)23-17(14)21;1-9-6-7-12-11(8-9)15(19-21)16(18-12)14-10-4-2-3-5-13(10)22-17(14)20;17-8-5-6-11-10(7-8)14(19-21)15(18-11)13-9-3-1-2-4-12(9)22-16(13)20/h2-8,19,21H;2-8,18,20H,1H3;1-7,18,20H. The molecule has 6 N–H and O–H groups in total. The summed E-state index contributed by atoms with van der Waals surface area (Å²) < 4.78 is 3.74. The molecule has 0 amide bonds. The number of hydrogen-bond acceptors (Lipinski definition) is 12. The number of H-pyrrole nitrogens is 3. The summed E-state index contributed by atoms with van der Waals surface area (Å²) in [4.78, 5) is 47.2. The zero-order valence-corrected chi connectivity index (χ0v) is 38.6. The minimum atomic E-state index is 0.132. The molecular weight excluding hydrogens is 971 g/mol. The summed E-state index contributed by atoms with van der Waals surface area (Å²) in [6, 6.07) is 39.5. The predicted octanol–water partition coefficient (Wildman–Crippen LogP) is 17.1. The molecule has 12 rings (SSSR count). The van der Waals surface area contributed by atoms with Crippen LogP contribution in [0.25, 0.3) is 102 Å². The second kappa shape index (κ2) is 17.4. The highest BCUT2D eigenvalue weighted by Crippen LogP contribution is 2.51. The van der Waals surface area contributed by atoms with Crippen LogP contribution in [0.15, 0.2) is 147 Å². The van der Waals surface area contributed by atoms with Crippen LogP contribution in [-0.2, 0) is 0 Å². The lowest BCUT2D eigenvalue weighted by Crippen LogP contribution is -1.76. The molecule has 0 aliphatic rings. The summed E-state index contributed by atoms with van der Waals surface area (Å²) in [5, 5.41) is 45.8. The van der Waals surface area contributed by atoms with Gasteiger partial charge in [-0.1, -0.05) is 122 Å². The van der Waals surface area contributed by atoms with Crippen LogP contribution in [0.2, 0.25) is 0 Å². The van der Waals surface area contributed by atoms with Crippen LogP contribution in [0.5, 0.6) is 15.2 Å². The van der Waals surface area contributed by atoms with Gasteiger partial charge in [0.25, 0.3) is 0 Å². The Morgan fingerprint density at radius 2 is 0.866 bits per heavy atom. The van der Waals surface area contributed by atoms with Crippen LogP contribution in [0.4, 0.5) is 22.7 Å². The van der Waals surface area contributed by atoms with E-state index in [-0.39, 0.29) is 20.9 Å². The Bertz CT molecular complexity index is 3830. The third-order valence-electron chi connectivity index (χ3n) is 11.3. The Kier molecular flexibility index (Phi) is 11.2. The number of nitrogens with one attached hydrogen (secondary N) is 3. The molecule has 0 atom stereocenters. The van der Waals surface area contributed by atoms with Crippen molar-refractivity contribution in [3.63, 3.8) is 0 Å². The van der Waals surface area contributed by atoms with Gasteiger partial charge in [-0.3, -0.25) is 0 Å². The Labute approximate surface area is 398 Å². The molecule has 0 aliphatic carbocycles. The lowest BCUT2D eigenvalue weighted by Gasteiger charge is -1.98. The van der Waals surface area contributed by atoms with E-state index in [1.807, 2.05) is 116 Å². The third kappa shape index (κ3) is 7.47. The van der Waals surface area contributed by atoms with Crippen molar-refractivity contribution < 1.29 is 15.3 Å². The molecule has 6 aromatic carbocycles. The molecular formula is C50H30BrN7O6S3. The van der Waals surface area contributed by atoms with E-state index >= 15 is 0 Å². The molecule has 67 heavy (non-hydrogen) atoms. The van der Waals surface area contributed by atoms with Gasteiger partial charge in [0.1, 0.15) is 17.1 Å². The van der Waals surface area contributed by atoms with E-state index in [1.165, 1.54) is 34.0 Å². The molecule has 0 aliphatic heterocycles. The summed E-state index contributed by atoms with van der Waals surface area (Å²) in [6.07, 6.45) is 0. The second-order valence-electron chi connectivity index (χ2n) is 15.2. The van der Waals surface area contributed by atoms with Crippen molar-refractivity contribution in [3.8, 4) is 49.0 Å². The van der Waals surface area contributed by atoms with Gasteiger partial charge in [-0.2, -0.15) is 0 Å². The van der Waals surface area contributed by atoms with Crippen LogP contribution < -0.4 is 0 Å². The number of nitroso groups, excluding NO2 is 3. The normalized spacial score (nSPS) is 11.2. The number of aromatic amines is 3. The number of rotatable bonds is 6. The maximum absolute atomic E-state index is 11.4. The lowest BCUT2D eigenvalue weighted by atomic mass is 10.1. The minimum absolute atomic E-state index is 0.132. The number of aromatic hydroxyl groups is 3. The van der Waals surface area contributed by atoms with Crippen molar-refractivity contribution in [2.75, 3.05) is 0 Å². The highest BCUT2D eigenvalue weighted by atomic mass is 79.9. The molecule has 326 valence electrons. The topological polar surface area (TPSA) is 201 Å². The van der Waals surface area contributed by atoms with Crippen LogP contribution >= 0.6 is 49.9 Å². The maximum Gasteiger partial charge on any atom is 0.188 e. The quantitative estimate of drug-likeness (QED) is 0.0707. The Morgan fingerprint density at radius 3 is 1.28 bits per heavy atom. The largest absolute Gasteiger partial charge is 0.499 e. The first-order chi connectivity index (χ1) is 32.6. The predicted molar refractivity (Wildman–Crippen MR) is 277 cm³/mol. The number of nitrogens with zero attached hydrogens (tertiary/aromatic N) is 4. The molecule has 0 radical (unpaired) electrons. The Balaban J connectivity index is 0.000000118. The molecule has 6 heterocycles. The number of aromatic nitrogens is 3. The number of hydrogen-bond donors (Lipinski definition) is 6. The number of benzene rings is 6. The van der Waals surface area contributed by atoms with Crippen LogP contribution in [0.1, 0.15) is 5.56 Å². The van der Waals surface area contributed by atoms with E-state index < -0.39 is 0 Å². The molecule has 0 saturated carbocycles. The van der Waals surface area contributed by atoms with Crippen LogP contribution in [0.3, 0.4) is 0 Å². The first-order valence-corrected chi connectivity index (χ1v) is 23.4. The van der Waals surface area contributed by atoms with E-state index in [2.05, 4.69) is 51.3 Å². The molecule has 0 unspecified atom stereocenters. The highest BCUT2D eigenvalue weighted by Gasteiger charge is 2.24. The first kappa shape index (κ1) is 42.9. The SMILES string of the molecule is Cc1ccc2[nH]c(-c3c(O)sc4ccccc34)c(N=O)c2c1.O=Nc1c(-c2c(O)sc3ccccc23)[nH]c2ccc(Br)cc12.[C-]#[N+]c1ccc2[nH]c(-c3c(O)sc4ccccc34)c(N=O)c2c1. The Hall–Kier alpha value is -8.01. The van der Waals surface area contributed by atoms with E-state index in [9.17, 15) is 30.0 Å². The maximum atomic E-state index is 11.4. The number of fused-ring (bicyclic) bond motifs is 6. The Morgan fingerprint density at radius 1 is 0.493 bits per heavy atom. The fourth-order valence-electron chi connectivity index (χ4n) is 8.33. The van der Waals surface area contributed by atoms with Crippen molar-refractivity contribution in [1.82, 2.24) is 15.0 Å². The molecule has 17 heteroatoms. The average molecular weight is 1000 g/mol. The van der Waals surface area contributed by atoms with E-state index in [4.69, 9.17) is 6.57 Å². The van der Waals surface area contributed by atoms with Gasteiger partial charge in [-0.05, 0) is 83.1 Å². The number of halogens is 1. The first-order valence-electron chi connectivity index (χ1n) is 20.2. The van der Waals surface area contributed by atoms with Crippen molar-refractivity contribution >= 4 is 136 Å². The van der Waals surface area contributed by atoms with Crippen molar-refractivity contribution in [1.29, 1.82) is 0 Å². The van der Waals surface area contributed by atoms with Gasteiger partial charge in [-0.25, -0.2) is 4.85 Å². The van der Waals surface area contributed by atoms with Crippen LogP contribution in [0, 0.1) is 28.2 Å². The zero-order valence-electron chi connectivity index (χ0n) is 34.6. The van der Waals surface area contributed by atoms with E-state index in [0.717, 1.165) is 62.1 Å². The van der Waals surface area contributed by atoms with E-state index in [0.29, 0.717) is 61.7 Å². The molecule has 12 aromatic rings. The van der Waals surface area contributed by atoms with Crippen molar-refractivity contribution in [2.45, 2.75) is 6.92 Å². The zero-order chi connectivity index (χ0) is 46.5. The van der Waals surface area contributed by atoms with Gasteiger partial charge >= 0.3 is 0 Å². The van der Waals surface area contributed by atoms with Crippen LogP contribution in [-0.4, -0.2) is 30.3 Å². The fourth-order valence-corrected chi connectivity index (χ4v) is 11.5. The fraction of sp³-hybridized carbons (Fsp3) is 0.0200. The average Bonchev–Trinajstić information content (AvgIpc) is 4.18. The molecule has 0 saturated heterocycles. The van der Waals surface area contributed by atoms with Gasteiger partial charge < -0.3 is 30.3 Å². The third-order valence-corrected chi connectivity index (χ3v) is 14.7. The lowest BCUT2D eigenvalue weighted by molar-refractivity contribution is 0.492. The summed E-state index contributed by atoms with van der Waals surface area (Å²) >= 11 is 7.24. The molecule has 0 fully saturated rings. The van der Waals surface area contributed by atoms with Crippen molar-refractivity contribution in [2.24, 2.45) is 15.5 Å². The summed E-state index contributed by atoms with van der Waals surface area (Å²) in [6.45, 7) is 9.07. The molecule has 0 bridgehead atoms. The monoisotopic (exact) mass is 999 g/mol. The smallest absolute Gasteiger partial charge is 0.188 e. The molecule has 6 aromatic heterocycles. The van der Waals surface area contributed by atoms with E-state index in [1.54, 1.807) is 18.2 Å². The van der Waals surface area contributed by atoms with Gasteiger partial charge in [-0.15, -0.1) is 14.7 Å². The number of aryl methyl sites for hydroxylation is 1. The minimum Gasteiger partial charge on any atom is -0.499 e. The van der Waals surface area contributed by atoms with Gasteiger partial charge in [0.15, 0.2) is 20.9 Å². The van der Waals surface area contributed by atoms with Crippen molar-refractivity contribution in [3.05, 3.63) is 164 Å². The van der Waals surface area contributed by atoms with Gasteiger partial charge in [0.2, 0.25) is 0 Å². The molecule has 13 nitrogen and oxygen atoms in total.